The lowest BCUT2D eigenvalue weighted by molar-refractivity contribution is 0.581. The van der Waals surface area contributed by atoms with Gasteiger partial charge in [0.1, 0.15) is 0 Å². The van der Waals surface area contributed by atoms with E-state index in [-0.39, 0.29) is 0 Å². The standard InChI is InChI=1S/C15H18N2O2S2/c1-2-12-3-4-13(20-12)10-17-21(18,19)14-5-6-15-11(9-14)7-8-16-15/h3-6,9,16-17H,2,7-8,10H2,1H3. The Kier molecular flexibility index (Phi) is 4.01. The number of sulfonamides is 1. The maximum atomic E-state index is 12.4. The minimum atomic E-state index is -3.45. The number of hydrogen-bond acceptors (Lipinski definition) is 4. The van der Waals surface area contributed by atoms with Gasteiger partial charge < -0.3 is 5.32 Å². The van der Waals surface area contributed by atoms with Crippen molar-refractivity contribution in [3.8, 4) is 0 Å². The van der Waals surface area contributed by atoms with Gasteiger partial charge in [0.25, 0.3) is 0 Å². The summed E-state index contributed by atoms with van der Waals surface area (Å²) in [6.07, 6.45) is 1.86. The molecule has 0 spiro atoms. The first-order valence-corrected chi connectivity index (χ1v) is 9.32. The molecule has 0 atom stereocenters. The van der Waals surface area contributed by atoms with Gasteiger partial charge in [0.05, 0.1) is 4.90 Å². The van der Waals surface area contributed by atoms with E-state index in [1.165, 1.54) is 4.88 Å². The molecule has 2 heterocycles. The third kappa shape index (κ3) is 3.12. The van der Waals surface area contributed by atoms with Gasteiger partial charge in [-0.25, -0.2) is 13.1 Å². The van der Waals surface area contributed by atoms with E-state index in [2.05, 4.69) is 23.0 Å². The average molecular weight is 322 g/mol. The first-order chi connectivity index (χ1) is 10.1. The quantitative estimate of drug-likeness (QED) is 0.890. The van der Waals surface area contributed by atoms with Crippen LogP contribution in [-0.2, 0) is 29.4 Å². The molecule has 0 bridgehead atoms. The third-order valence-electron chi connectivity index (χ3n) is 3.60. The number of hydrogen-bond donors (Lipinski definition) is 2. The highest BCUT2D eigenvalue weighted by Crippen LogP contribution is 2.25. The molecule has 1 aliphatic heterocycles. The lowest BCUT2D eigenvalue weighted by Gasteiger charge is -2.07. The predicted molar refractivity (Wildman–Crippen MR) is 86.4 cm³/mol. The van der Waals surface area contributed by atoms with E-state index in [1.807, 2.05) is 12.1 Å². The maximum Gasteiger partial charge on any atom is 0.240 e. The van der Waals surface area contributed by atoms with E-state index in [0.29, 0.717) is 11.4 Å². The van der Waals surface area contributed by atoms with E-state index >= 15 is 0 Å². The second-order valence-corrected chi connectivity index (χ2v) is 8.06. The van der Waals surface area contributed by atoms with Gasteiger partial charge in [-0.3, -0.25) is 0 Å². The monoisotopic (exact) mass is 322 g/mol. The number of aryl methyl sites for hydroxylation is 1. The Hall–Kier alpha value is -1.37. The molecule has 1 aromatic carbocycles. The van der Waals surface area contributed by atoms with E-state index in [1.54, 1.807) is 23.5 Å². The van der Waals surface area contributed by atoms with Gasteiger partial charge in [0.15, 0.2) is 0 Å². The third-order valence-corrected chi connectivity index (χ3v) is 6.23. The van der Waals surface area contributed by atoms with Crippen LogP contribution in [0.15, 0.2) is 35.2 Å². The van der Waals surface area contributed by atoms with Crippen molar-refractivity contribution < 1.29 is 8.42 Å². The molecule has 112 valence electrons. The normalized spacial score (nSPS) is 14.0. The second-order valence-electron chi connectivity index (χ2n) is 5.04. The molecular formula is C15H18N2O2S2. The minimum absolute atomic E-state index is 0.345. The van der Waals surface area contributed by atoms with Crippen LogP contribution in [0.1, 0.15) is 22.2 Å². The van der Waals surface area contributed by atoms with Crippen molar-refractivity contribution in [1.29, 1.82) is 0 Å². The maximum absolute atomic E-state index is 12.4. The van der Waals surface area contributed by atoms with E-state index in [9.17, 15) is 8.42 Å². The van der Waals surface area contributed by atoms with Crippen molar-refractivity contribution in [2.24, 2.45) is 0 Å². The molecule has 4 nitrogen and oxygen atoms in total. The van der Waals surface area contributed by atoms with Crippen LogP contribution >= 0.6 is 11.3 Å². The van der Waals surface area contributed by atoms with Crippen LogP contribution in [0.4, 0.5) is 5.69 Å². The van der Waals surface area contributed by atoms with Crippen molar-refractivity contribution in [3.05, 3.63) is 45.6 Å². The van der Waals surface area contributed by atoms with Crippen molar-refractivity contribution in [1.82, 2.24) is 4.72 Å². The molecule has 0 unspecified atom stereocenters. The zero-order valence-corrected chi connectivity index (χ0v) is 13.5. The molecule has 0 saturated carbocycles. The zero-order valence-electron chi connectivity index (χ0n) is 11.8. The van der Waals surface area contributed by atoms with Crippen LogP contribution in [0, 0.1) is 0 Å². The summed E-state index contributed by atoms with van der Waals surface area (Å²) >= 11 is 1.65. The molecule has 0 saturated heterocycles. The molecule has 0 fully saturated rings. The highest BCUT2D eigenvalue weighted by atomic mass is 32.2. The van der Waals surface area contributed by atoms with Gasteiger partial charge in [0, 0.05) is 28.5 Å². The van der Waals surface area contributed by atoms with Gasteiger partial charge in [0.2, 0.25) is 10.0 Å². The Balaban J connectivity index is 1.74. The summed E-state index contributed by atoms with van der Waals surface area (Å²) < 4.78 is 27.4. The molecular weight excluding hydrogens is 304 g/mol. The van der Waals surface area contributed by atoms with Crippen LogP contribution in [0.3, 0.4) is 0 Å². The molecule has 1 aliphatic rings. The molecule has 6 heteroatoms. The molecule has 2 N–H and O–H groups in total. The molecule has 0 aliphatic carbocycles. The fraction of sp³-hybridized carbons (Fsp3) is 0.333. The summed E-state index contributed by atoms with van der Waals surface area (Å²) in [6.45, 7) is 3.32. The Morgan fingerprint density at radius 3 is 2.81 bits per heavy atom. The zero-order chi connectivity index (χ0) is 14.9. The number of nitrogens with one attached hydrogen (secondary N) is 2. The summed E-state index contributed by atoms with van der Waals surface area (Å²) in [5, 5.41) is 3.23. The molecule has 2 aromatic rings. The lowest BCUT2D eigenvalue weighted by Crippen LogP contribution is -2.22. The number of fused-ring (bicyclic) bond motifs is 1. The Morgan fingerprint density at radius 2 is 2.05 bits per heavy atom. The molecule has 1 aromatic heterocycles. The van der Waals surface area contributed by atoms with Crippen LogP contribution in [-0.4, -0.2) is 15.0 Å². The van der Waals surface area contributed by atoms with Crippen LogP contribution in [0.5, 0.6) is 0 Å². The Bertz CT molecular complexity index is 751. The van der Waals surface area contributed by atoms with Crippen LogP contribution in [0.25, 0.3) is 0 Å². The molecule has 21 heavy (non-hydrogen) atoms. The highest BCUT2D eigenvalue weighted by molar-refractivity contribution is 7.89. The van der Waals surface area contributed by atoms with E-state index in [0.717, 1.165) is 35.5 Å². The first-order valence-electron chi connectivity index (χ1n) is 7.02. The smallest absolute Gasteiger partial charge is 0.240 e. The molecule has 0 amide bonds. The number of rotatable bonds is 5. The van der Waals surface area contributed by atoms with E-state index in [4.69, 9.17) is 0 Å². The topological polar surface area (TPSA) is 58.2 Å². The summed E-state index contributed by atoms with van der Waals surface area (Å²) in [6, 6.07) is 9.31. The molecule has 3 rings (SSSR count). The van der Waals surface area contributed by atoms with Gasteiger partial charge >= 0.3 is 0 Å². The van der Waals surface area contributed by atoms with Crippen molar-refractivity contribution in [2.75, 3.05) is 11.9 Å². The van der Waals surface area contributed by atoms with Gasteiger partial charge in [-0.1, -0.05) is 6.92 Å². The number of thiophene rings is 1. The summed E-state index contributed by atoms with van der Waals surface area (Å²) in [5.41, 5.74) is 2.11. The van der Waals surface area contributed by atoms with Crippen molar-refractivity contribution in [3.63, 3.8) is 0 Å². The lowest BCUT2D eigenvalue weighted by atomic mass is 10.2. The first kappa shape index (κ1) is 14.6. The average Bonchev–Trinajstić information content (AvgIpc) is 3.13. The summed E-state index contributed by atoms with van der Waals surface area (Å²) in [4.78, 5) is 2.66. The Labute approximate surface area is 129 Å². The van der Waals surface area contributed by atoms with Gasteiger partial charge in [-0.2, -0.15) is 0 Å². The second kappa shape index (κ2) is 5.79. The van der Waals surface area contributed by atoms with Crippen molar-refractivity contribution >= 4 is 27.0 Å². The fourth-order valence-electron chi connectivity index (χ4n) is 2.41. The Morgan fingerprint density at radius 1 is 1.24 bits per heavy atom. The van der Waals surface area contributed by atoms with Crippen LogP contribution < -0.4 is 10.0 Å². The van der Waals surface area contributed by atoms with Crippen molar-refractivity contribution in [2.45, 2.75) is 31.2 Å². The van der Waals surface area contributed by atoms with E-state index < -0.39 is 10.0 Å². The summed E-state index contributed by atoms with van der Waals surface area (Å²) in [7, 11) is -3.45. The number of anilines is 1. The van der Waals surface area contributed by atoms with Gasteiger partial charge in [-0.15, -0.1) is 11.3 Å². The summed E-state index contributed by atoms with van der Waals surface area (Å²) in [5.74, 6) is 0. The number of benzene rings is 1. The SMILES string of the molecule is CCc1ccc(CNS(=O)(=O)c2ccc3c(c2)CCN3)s1. The highest BCUT2D eigenvalue weighted by Gasteiger charge is 2.18. The molecule has 0 radical (unpaired) electrons. The largest absolute Gasteiger partial charge is 0.384 e. The fourth-order valence-corrected chi connectivity index (χ4v) is 4.45. The van der Waals surface area contributed by atoms with Gasteiger partial charge in [-0.05, 0) is 48.7 Å². The predicted octanol–water partition coefficient (Wildman–Crippen LogP) is 2.76. The minimum Gasteiger partial charge on any atom is -0.384 e. The van der Waals surface area contributed by atoms with Crippen LogP contribution in [0.2, 0.25) is 0 Å².